The highest BCUT2D eigenvalue weighted by molar-refractivity contribution is 7.14. The van der Waals surface area contributed by atoms with E-state index in [1.807, 2.05) is 6.07 Å². The molecule has 166 valence electrons. The molecule has 1 heterocycles. The maximum atomic E-state index is 12.3. The number of anilines is 2. The van der Waals surface area contributed by atoms with E-state index in [0.29, 0.717) is 27.8 Å². The number of primary amides is 1. The number of amides is 3. The predicted molar refractivity (Wildman–Crippen MR) is 120 cm³/mol. The number of nitrogens with two attached hydrogens (primary N) is 1. The van der Waals surface area contributed by atoms with Crippen molar-refractivity contribution in [3.63, 3.8) is 0 Å². The maximum Gasteiger partial charge on any atom is 0.338 e. The number of urea groups is 1. The Morgan fingerprint density at radius 1 is 1.12 bits per heavy atom. The zero-order chi connectivity index (χ0) is 23.1. The average molecular weight is 455 g/mol. The number of hydrogen-bond acceptors (Lipinski definition) is 7. The summed E-state index contributed by atoms with van der Waals surface area (Å²) >= 11 is 1.26. The first-order chi connectivity index (χ1) is 15.4. The molecular weight excluding hydrogens is 432 g/mol. The Balaban J connectivity index is 1.66. The molecule has 1 aromatic heterocycles. The molecule has 0 spiro atoms. The molecule has 0 bridgehead atoms. The number of carbonyl (C=O) groups excluding carboxylic acids is 3. The molecule has 0 saturated heterocycles. The Morgan fingerprint density at radius 3 is 2.50 bits per heavy atom. The van der Waals surface area contributed by atoms with Crippen molar-refractivity contribution in [2.24, 2.45) is 5.73 Å². The van der Waals surface area contributed by atoms with Crippen LogP contribution in [0.15, 0.2) is 53.9 Å². The van der Waals surface area contributed by atoms with Crippen molar-refractivity contribution in [3.05, 3.63) is 70.7 Å². The van der Waals surface area contributed by atoms with Gasteiger partial charge >= 0.3 is 12.0 Å². The van der Waals surface area contributed by atoms with Crippen molar-refractivity contribution in [1.29, 1.82) is 0 Å². The summed E-state index contributed by atoms with van der Waals surface area (Å²) in [5.41, 5.74) is 7.29. The number of benzene rings is 2. The van der Waals surface area contributed by atoms with E-state index in [1.165, 1.54) is 30.3 Å². The number of carbonyl (C=O) groups is 3. The molecule has 2 aromatic carbocycles. The van der Waals surface area contributed by atoms with Gasteiger partial charge in [0.2, 0.25) is 5.91 Å². The Kier molecular flexibility index (Phi) is 7.40. The second-order valence-corrected chi connectivity index (χ2v) is 7.48. The van der Waals surface area contributed by atoms with Gasteiger partial charge in [0.05, 0.1) is 24.1 Å². The van der Waals surface area contributed by atoms with Gasteiger partial charge in [-0.2, -0.15) is 0 Å². The zero-order valence-electron chi connectivity index (χ0n) is 17.5. The molecule has 0 aliphatic carbocycles. The molecule has 10 heteroatoms. The minimum absolute atomic E-state index is 0.0437. The molecule has 0 aliphatic rings. The van der Waals surface area contributed by atoms with Crippen LogP contribution in [0.2, 0.25) is 0 Å². The van der Waals surface area contributed by atoms with Gasteiger partial charge in [-0.05, 0) is 29.8 Å². The SMILES string of the molecule is COc1ccccc1N(C(C)=O)c1nc(COC(=O)c2ccc(CNC(N)=O)cc2)cs1. The van der Waals surface area contributed by atoms with E-state index in [1.54, 1.807) is 47.8 Å². The van der Waals surface area contributed by atoms with Crippen LogP contribution in [0.5, 0.6) is 5.75 Å². The molecule has 0 aliphatic heterocycles. The molecule has 9 nitrogen and oxygen atoms in total. The zero-order valence-corrected chi connectivity index (χ0v) is 18.3. The number of para-hydroxylation sites is 2. The number of methoxy groups -OCH3 is 1. The quantitative estimate of drug-likeness (QED) is 0.503. The van der Waals surface area contributed by atoms with E-state index in [4.69, 9.17) is 15.2 Å². The molecule has 0 fully saturated rings. The van der Waals surface area contributed by atoms with Gasteiger partial charge < -0.3 is 20.5 Å². The summed E-state index contributed by atoms with van der Waals surface area (Å²) < 4.78 is 10.7. The number of nitrogens with one attached hydrogen (secondary N) is 1. The predicted octanol–water partition coefficient (Wildman–Crippen LogP) is 3.36. The first-order valence-electron chi connectivity index (χ1n) is 9.56. The summed E-state index contributed by atoms with van der Waals surface area (Å²) in [5.74, 6) is -0.194. The number of nitrogens with zero attached hydrogens (tertiary/aromatic N) is 2. The number of rotatable bonds is 8. The smallest absolute Gasteiger partial charge is 0.338 e. The molecule has 3 amide bonds. The van der Waals surface area contributed by atoms with Gasteiger partial charge in [-0.1, -0.05) is 24.3 Å². The van der Waals surface area contributed by atoms with Crippen LogP contribution < -0.4 is 20.7 Å². The van der Waals surface area contributed by atoms with Crippen molar-refractivity contribution in [1.82, 2.24) is 10.3 Å². The molecule has 3 N–H and O–H groups in total. The van der Waals surface area contributed by atoms with E-state index in [0.717, 1.165) is 5.56 Å². The van der Waals surface area contributed by atoms with Crippen LogP contribution in [0.1, 0.15) is 28.5 Å². The summed E-state index contributed by atoms with van der Waals surface area (Å²) in [4.78, 5) is 41.3. The Hall–Kier alpha value is -3.92. The van der Waals surface area contributed by atoms with E-state index in [-0.39, 0.29) is 19.1 Å². The molecule has 0 unspecified atom stereocenters. The largest absolute Gasteiger partial charge is 0.495 e. The number of hydrogen-bond donors (Lipinski definition) is 2. The lowest BCUT2D eigenvalue weighted by Crippen LogP contribution is -2.28. The van der Waals surface area contributed by atoms with Crippen LogP contribution >= 0.6 is 11.3 Å². The third-order valence-electron chi connectivity index (χ3n) is 4.38. The van der Waals surface area contributed by atoms with Crippen molar-refractivity contribution >= 4 is 40.1 Å². The number of ether oxygens (including phenoxy) is 2. The number of aromatic nitrogens is 1. The van der Waals surface area contributed by atoms with Crippen molar-refractivity contribution in [3.8, 4) is 5.75 Å². The molecule has 3 aromatic rings. The van der Waals surface area contributed by atoms with Crippen LogP contribution in [0.25, 0.3) is 0 Å². The van der Waals surface area contributed by atoms with Gasteiger partial charge in [0.1, 0.15) is 12.4 Å². The average Bonchev–Trinajstić information content (AvgIpc) is 3.25. The highest BCUT2D eigenvalue weighted by Gasteiger charge is 2.21. The Morgan fingerprint density at radius 2 is 1.84 bits per heavy atom. The molecule has 3 rings (SSSR count). The van der Waals surface area contributed by atoms with Crippen LogP contribution in [0.3, 0.4) is 0 Å². The number of esters is 1. The summed E-state index contributed by atoms with van der Waals surface area (Å²) in [6.45, 7) is 1.67. The fraction of sp³-hybridized carbons (Fsp3) is 0.182. The van der Waals surface area contributed by atoms with Crippen molar-refractivity contribution < 1.29 is 23.9 Å². The third kappa shape index (κ3) is 5.61. The topological polar surface area (TPSA) is 124 Å². The van der Waals surface area contributed by atoms with E-state index in [2.05, 4.69) is 10.3 Å². The van der Waals surface area contributed by atoms with E-state index in [9.17, 15) is 14.4 Å². The van der Waals surface area contributed by atoms with E-state index < -0.39 is 12.0 Å². The van der Waals surface area contributed by atoms with Gasteiger partial charge in [0, 0.05) is 18.8 Å². The lowest BCUT2D eigenvalue weighted by molar-refractivity contribution is -0.115. The van der Waals surface area contributed by atoms with Gasteiger partial charge in [0.25, 0.3) is 0 Å². The number of thiazole rings is 1. The molecule has 0 saturated carbocycles. The highest BCUT2D eigenvalue weighted by Crippen LogP contribution is 2.35. The van der Waals surface area contributed by atoms with Crippen LogP contribution in [-0.4, -0.2) is 30.0 Å². The lowest BCUT2D eigenvalue weighted by atomic mass is 10.1. The minimum Gasteiger partial charge on any atom is -0.495 e. The highest BCUT2D eigenvalue weighted by atomic mass is 32.1. The fourth-order valence-corrected chi connectivity index (χ4v) is 3.72. The van der Waals surface area contributed by atoms with Crippen molar-refractivity contribution in [2.75, 3.05) is 12.0 Å². The Labute approximate surface area is 188 Å². The van der Waals surface area contributed by atoms with Crippen LogP contribution in [-0.2, 0) is 22.7 Å². The third-order valence-corrected chi connectivity index (χ3v) is 5.25. The van der Waals surface area contributed by atoms with Crippen LogP contribution in [0.4, 0.5) is 15.6 Å². The molecule has 0 atom stereocenters. The van der Waals surface area contributed by atoms with Crippen LogP contribution in [0, 0.1) is 0 Å². The molecule has 32 heavy (non-hydrogen) atoms. The normalized spacial score (nSPS) is 10.3. The first-order valence-corrected chi connectivity index (χ1v) is 10.4. The minimum atomic E-state index is -0.620. The maximum absolute atomic E-state index is 12.3. The van der Waals surface area contributed by atoms with Gasteiger partial charge in [-0.3, -0.25) is 9.69 Å². The summed E-state index contributed by atoms with van der Waals surface area (Å²) in [5, 5.41) is 4.65. The summed E-state index contributed by atoms with van der Waals surface area (Å²) in [7, 11) is 1.53. The van der Waals surface area contributed by atoms with Gasteiger partial charge in [-0.25, -0.2) is 14.6 Å². The second-order valence-electron chi connectivity index (χ2n) is 6.64. The second kappa shape index (κ2) is 10.4. The monoisotopic (exact) mass is 454 g/mol. The standard InChI is InChI=1S/C22H22N4O5S/c1-14(27)26(18-5-3-4-6-19(18)30-2)22-25-17(13-32-22)12-31-20(28)16-9-7-15(8-10-16)11-24-21(23)29/h3-10,13H,11-12H2,1-2H3,(H3,23,24,29). The fourth-order valence-electron chi connectivity index (χ4n) is 2.86. The molecule has 0 radical (unpaired) electrons. The van der Waals surface area contributed by atoms with Gasteiger partial charge in [0.15, 0.2) is 5.13 Å². The molecular formula is C22H22N4O5S. The van der Waals surface area contributed by atoms with E-state index >= 15 is 0 Å². The summed E-state index contributed by atoms with van der Waals surface area (Å²) in [6.07, 6.45) is 0. The van der Waals surface area contributed by atoms with Gasteiger partial charge in [-0.15, -0.1) is 11.3 Å². The van der Waals surface area contributed by atoms with Crippen molar-refractivity contribution in [2.45, 2.75) is 20.1 Å². The Bertz CT molecular complexity index is 1110. The summed E-state index contributed by atoms with van der Waals surface area (Å²) in [6, 6.07) is 13.1. The lowest BCUT2D eigenvalue weighted by Gasteiger charge is -2.20. The first kappa shape index (κ1) is 22.8.